The average molecular weight is 441 g/mol. The summed E-state index contributed by atoms with van der Waals surface area (Å²) in [6.07, 6.45) is 17.9. The van der Waals surface area contributed by atoms with Crippen LogP contribution in [-0.4, -0.2) is 12.1 Å². The van der Waals surface area contributed by atoms with Gasteiger partial charge >= 0.3 is 5.97 Å². The number of carbonyl (C=O) groups is 1. The molecule has 0 bridgehead atoms. The molecule has 4 aliphatic carbocycles. The number of esters is 1. The molecule has 4 aliphatic rings. The molecule has 0 amide bonds. The Kier molecular flexibility index (Phi) is 6.74. The molecule has 0 heterocycles. The Morgan fingerprint density at radius 3 is 2.50 bits per heavy atom. The highest BCUT2D eigenvalue weighted by Crippen LogP contribution is 2.66. The Balaban J connectivity index is 1.48. The molecule has 0 aliphatic heterocycles. The van der Waals surface area contributed by atoms with Crippen molar-refractivity contribution in [2.24, 2.45) is 52.3 Å². The lowest BCUT2D eigenvalue weighted by atomic mass is 9.45. The summed E-state index contributed by atoms with van der Waals surface area (Å²) >= 11 is 0. The maximum atomic E-state index is 11.5. The normalized spacial score (nSPS) is 43.2. The smallest absolute Gasteiger partial charge is 0.302 e. The zero-order valence-electron chi connectivity index (χ0n) is 21.8. The van der Waals surface area contributed by atoms with Crippen molar-refractivity contribution in [3.63, 3.8) is 0 Å². The van der Waals surface area contributed by atoms with Gasteiger partial charge in [0.1, 0.15) is 6.10 Å². The van der Waals surface area contributed by atoms with Crippen molar-refractivity contribution in [3.8, 4) is 0 Å². The quantitative estimate of drug-likeness (QED) is 0.320. The number of fused-ring (bicyclic) bond motifs is 5. The Bertz CT molecular complexity index is 763. The second kappa shape index (κ2) is 8.95. The molecular formula is C30H48O2. The van der Waals surface area contributed by atoms with Gasteiger partial charge < -0.3 is 4.74 Å². The number of hydrogen-bond acceptors (Lipinski definition) is 2. The van der Waals surface area contributed by atoms with Crippen molar-refractivity contribution < 1.29 is 9.53 Å². The fourth-order valence-electron chi connectivity index (χ4n) is 8.43. The van der Waals surface area contributed by atoms with Crippen LogP contribution in [0.5, 0.6) is 0 Å². The Labute approximate surface area is 197 Å². The van der Waals surface area contributed by atoms with Gasteiger partial charge in [-0.25, -0.2) is 0 Å². The van der Waals surface area contributed by atoms with E-state index in [1.165, 1.54) is 38.5 Å². The van der Waals surface area contributed by atoms with Gasteiger partial charge in [-0.1, -0.05) is 65.3 Å². The van der Waals surface area contributed by atoms with Crippen LogP contribution in [0.3, 0.4) is 0 Å². The van der Waals surface area contributed by atoms with E-state index < -0.39 is 0 Å². The van der Waals surface area contributed by atoms with Crippen LogP contribution in [0, 0.1) is 52.3 Å². The minimum absolute atomic E-state index is 0.103. The van der Waals surface area contributed by atoms with Gasteiger partial charge in [-0.15, -0.1) is 0 Å². The van der Waals surface area contributed by atoms with Gasteiger partial charge in [0, 0.05) is 6.92 Å². The van der Waals surface area contributed by atoms with E-state index in [9.17, 15) is 4.79 Å². The standard InChI is InChI=1S/C30H48O2/c1-19(2)20(3)8-9-21(4)26-12-13-27-25-11-10-23-18-24(32-22(5)31)14-16-29(23,6)28(25)15-17-30(26,27)7/h8-9,13,19-21,23-26,28H,10-12,14-18H2,1-7H3/b9-8+. The van der Waals surface area contributed by atoms with Gasteiger partial charge in [0.05, 0.1) is 0 Å². The van der Waals surface area contributed by atoms with Crippen molar-refractivity contribution in [3.05, 3.63) is 23.8 Å². The molecule has 2 heteroatoms. The van der Waals surface area contributed by atoms with E-state index in [2.05, 4.69) is 59.8 Å². The third-order valence-corrected chi connectivity index (χ3v) is 10.8. The highest BCUT2D eigenvalue weighted by molar-refractivity contribution is 5.66. The van der Waals surface area contributed by atoms with Crippen LogP contribution in [0.1, 0.15) is 99.8 Å². The van der Waals surface area contributed by atoms with Crippen molar-refractivity contribution >= 4 is 5.97 Å². The fraction of sp³-hybridized carbons (Fsp3) is 0.833. The number of rotatable bonds is 5. The van der Waals surface area contributed by atoms with E-state index in [1.54, 1.807) is 6.92 Å². The van der Waals surface area contributed by atoms with Crippen molar-refractivity contribution in [2.45, 2.75) is 106 Å². The van der Waals surface area contributed by atoms with E-state index in [0.717, 1.165) is 36.5 Å². The van der Waals surface area contributed by atoms with E-state index in [4.69, 9.17) is 4.74 Å². The summed E-state index contributed by atoms with van der Waals surface area (Å²) in [4.78, 5) is 11.5. The van der Waals surface area contributed by atoms with Gasteiger partial charge in [0.25, 0.3) is 0 Å². The molecule has 0 aromatic rings. The van der Waals surface area contributed by atoms with Gasteiger partial charge in [-0.3, -0.25) is 4.79 Å². The summed E-state index contributed by atoms with van der Waals surface area (Å²) < 4.78 is 5.64. The molecule has 0 radical (unpaired) electrons. The first-order chi connectivity index (χ1) is 15.1. The van der Waals surface area contributed by atoms with Crippen molar-refractivity contribution in [1.29, 1.82) is 0 Å². The Hall–Kier alpha value is -1.05. The van der Waals surface area contributed by atoms with E-state index in [1.807, 2.05) is 5.57 Å². The molecule has 0 aromatic heterocycles. The topological polar surface area (TPSA) is 26.3 Å². The first-order valence-corrected chi connectivity index (χ1v) is 13.6. The summed E-state index contributed by atoms with van der Waals surface area (Å²) in [6.45, 7) is 16.2. The SMILES string of the molecule is CC(=O)OC1CCC2(C)C(CCC3C4=CCC(C(C)/C=C/C(C)C(C)C)C4(C)CCC32)C1. The molecule has 0 spiro atoms. The average Bonchev–Trinajstić information content (AvgIpc) is 3.08. The van der Waals surface area contributed by atoms with Crippen molar-refractivity contribution in [2.75, 3.05) is 0 Å². The Morgan fingerprint density at radius 1 is 1.06 bits per heavy atom. The monoisotopic (exact) mass is 440 g/mol. The highest BCUT2D eigenvalue weighted by Gasteiger charge is 2.58. The summed E-state index contributed by atoms with van der Waals surface area (Å²) in [6, 6.07) is 0. The highest BCUT2D eigenvalue weighted by atomic mass is 16.5. The molecule has 9 atom stereocenters. The largest absolute Gasteiger partial charge is 0.463 e. The third kappa shape index (κ3) is 4.14. The molecule has 180 valence electrons. The van der Waals surface area contributed by atoms with Gasteiger partial charge in [-0.2, -0.15) is 0 Å². The van der Waals surface area contributed by atoms with Crippen LogP contribution in [0.4, 0.5) is 0 Å². The molecule has 3 fully saturated rings. The number of carbonyl (C=O) groups excluding carboxylic acids is 1. The van der Waals surface area contributed by atoms with Gasteiger partial charge in [0.2, 0.25) is 0 Å². The third-order valence-electron chi connectivity index (χ3n) is 10.8. The van der Waals surface area contributed by atoms with E-state index in [-0.39, 0.29) is 12.1 Å². The lowest BCUT2D eigenvalue weighted by Gasteiger charge is -2.60. The fourth-order valence-corrected chi connectivity index (χ4v) is 8.43. The maximum Gasteiger partial charge on any atom is 0.302 e. The lowest BCUT2D eigenvalue weighted by molar-refractivity contribution is -0.155. The summed E-state index contributed by atoms with van der Waals surface area (Å²) in [5.41, 5.74) is 2.65. The van der Waals surface area contributed by atoms with E-state index >= 15 is 0 Å². The molecule has 0 aromatic carbocycles. The van der Waals surface area contributed by atoms with Crippen LogP contribution in [-0.2, 0) is 9.53 Å². The van der Waals surface area contributed by atoms with Gasteiger partial charge in [0.15, 0.2) is 0 Å². The van der Waals surface area contributed by atoms with E-state index in [0.29, 0.717) is 28.6 Å². The molecule has 3 saturated carbocycles. The molecule has 4 rings (SSSR count). The molecule has 32 heavy (non-hydrogen) atoms. The first kappa shape index (κ1) is 24.1. The number of allylic oxidation sites excluding steroid dienone is 4. The van der Waals surface area contributed by atoms with Crippen LogP contribution in [0.25, 0.3) is 0 Å². The summed E-state index contributed by atoms with van der Waals surface area (Å²) in [5, 5.41) is 0. The summed E-state index contributed by atoms with van der Waals surface area (Å²) in [5.74, 6) is 5.02. The van der Waals surface area contributed by atoms with Gasteiger partial charge in [-0.05, 0) is 104 Å². The number of ether oxygens (including phenoxy) is 1. The van der Waals surface area contributed by atoms with Crippen molar-refractivity contribution in [1.82, 2.24) is 0 Å². The Morgan fingerprint density at radius 2 is 1.81 bits per heavy atom. The lowest BCUT2D eigenvalue weighted by Crippen LogP contribution is -2.52. The molecule has 9 unspecified atom stereocenters. The maximum absolute atomic E-state index is 11.5. The van der Waals surface area contributed by atoms with Crippen LogP contribution >= 0.6 is 0 Å². The second-order valence-electron chi connectivity index (χ2n) is 12.8. The number of hydrogen-bond donors (Lipinski definition) is 0. The first-order valence-electron chi connectivity index (χ1n) is 13.6. The van der Waals surface area contributed by atoms with Crippen LogP contribution < -0.4 is 0 Å². The second-order valence-corrected chi connectivity index (χ2v) is 12.8. The molecule has 2 nitrogen and oxygen atoms in total. The minimum Gasteiger partial charge on any atom is -0.463 e. The van der Waals surface area contributed by atoms with Crippen LogP contribution in [0.15, 0.2) is 23.8 Å². The zero-order chi connectivity index (χ0) is 23.3. The molecule has 0 saturated heterocycles. The summed E-state index contributed by atoms with van der Waals surface area (Å²) in [7, 11) is 0. The molecule has 0 N–H and O–H groups in total. The predicted octanol–water partition coefficient (Wildman–Crippen LogP) is 7.98. The molecular weight excluding hydrogens is 392 g/mol. The predicted molar refractivity (Wildman–Crippen MR) is 133 cm³/mol. The van der Waals surface area contributed by atoms with Crippen LogP contribution in [0.2, 0.25) is 0 Å². The minimum atomic E-state index is -0.103. The zero-order valence-corrected chi connectivity index (χ0v) is 21.8.